The standard InChI is InChI=1S/C12H14F3N/c13-9-3-1-4-10(7-9)16-11-5-2-6-12(14,15)8-11/h1,3-4,7,11,16H,2,5-6,8H2. The maximum absolute atomic E-state index is 13.1. The Labute approximate surface area is 92.7 Å². The molecule has 0 amide bonds. The van der Waals surface area contributed by atoms with Crippen LogP contribution in [0.4, 0.5) is 18.9 Å². The fourth-order valence-corrected chi connectivity index (χ4v) is 2.11. The summed E-state index contributed by atoms with van der Waals surface area (Å²) in [6, 6.07) is 5.66. The first kappa shape index (κ1) is 11.3. The molecular formula is C12H14F3N. The molecule has 0 radical (unpaired) electrons. The van der Waals surface area contributed by atoms with Gasteiger partial charge in [0.1, 0.15) is 5.82 Å². The first-order valence-electron chi connectivity index (χ1n) is 5.45. The number of anilines is 1. The molecule has 1 aromatic rings. The van der Waals surface area contributed by atoms with E-state index in [2.05, 4.69) is 5.32 Å². The van der Waals surface area contributed by atoms with Gasteiger partial charge >= 0.3 is 0 Å². The Morgan fingerprint density at radius 1 is 1.31 bits per heavy atom. The van der Waals surface area contributed by atoms with Crippen LogP contribution in [-0.4, -0.2) is 12.0 Å². The topological polar surface area (TPSA) is 12.0 Å². The van der Waals surface area contributed by atoms with Crippen molar-refractivity contribution in [1.82, 2.24) is 0 Å². The lowest BCUT2D eigenvalue weighted by molar-refractivity contribution is -0.0373. The van der Waals surface area contributed by atoms with Crippen LogP contribution >= 0.6 is 0 Å². The molecule has 1 aromatic carbocycles. The van der Waals surface area contributed by atoms with E-state index in [1.54, 1.807) is 12.1 Å². The number of halogens is 3. The number of rotatable bonds is 2. The molecule has 0 heterocycles. The van der Waals surface area contributed by atoms with E-state index in [0.717, 1.165) is 0 Å². The average molecular weight is 229 g/mol. The van der Waals surface area contributed by atoms with Crippen LogP contribution in [0, 0.1) is 5.82 Å². The number of benzene rings is 1. The van der Waals surface area contributed by atoms with Gasteiger partial charge in [0.15, 0.2) is 0 Å². The van der Waals surface area contributed by atoms with Crippen molar-refractivity contribution in [2.45, 2.75) is 37.6 Å². The van der Waals surface area contributed by atoms with Crippen molar-refractivity contribution in [3.63, 3.8) is 0 Å². The van der Waals surface area contributed by atoms with Crippen molar-refractivity contribution in [2.24, 2.45) is 0 Å². The largest absolute Gasteiger partial charge is 0.382 e. The highest BCUT2D eigenvalue weighted by Gasteiger charge is 2.36. The Hall–Kier alpha value is -1.19. The second-order valence-electron chi connectivity index (χ2n) is 4.30. The molecule has 1 atom stereocenters. The summed E-state index contributed by atoms with van der Waals surface area (Å²) < 4.78 is 39.1. The number of nitrogens with one attached hydrogen (secondary N) is 1. The van der Waals surface area contributed by atoms with E-state index in [4.69, 9.17) is 0 Å². The van der Waals surface area contributed by atoms with Gasteiger partial charge in [-0.05, 0) is 31.0 Å². The fourth-order valence-electron chi connectivity index (χ4n) is 2.11. The molecular weight excluding hydrogens is 215 g/mol. The summed E-state index contributed by atoms with van der Waals surface area (Å²) in [7, 11) is 0. The zero-order valence-electron chi connectivity index (χ0n) is 8.85. The minimum Gasteiger partial charge on any atom is -0.382 e. The first-order chi connectivity index (χ1) is 7.55. The first-order valence-corrected chi connectivity index (χ1v) is 5.45. The second kappa shape index (κ2) is 4.36. The van der Waals surface area contributed by atoms with E-state index in [9.17, 15) is 13.2 Å². The van der Waals surface area contributed by atoms with Gasteiger partial charge in [0.25, 0.3) is 0 Å². The highest BCUT2D eigenvalue weighted by atomic mass is 19.3. The van der Waals surface area contributed by atoms with Crippen LogP contribution in [0.15, 0.2) is 24.3 Å². The predicted molar refractivity (Wildman–Crippen MR) is 57.2 cm³/mol. The molecule has 1 nitrogen and oxygen atoms in total. The molecule has 0 spiro atoms. The van der Waals surface area contributed by atoms with Gasteiger partial charge in [0.05, 0.1) is 0 Å². The molecule has 0 aliphatic heterocycles. The van der Waals surface area contributed by atoms with Crippen LogP contribution in [0.2, 0.25) is 0 Å². The van der Waals surface area contributed by atoms with Crippen molar-refractivity contribution in [1.29, 1.82) is 0 Å². The Morgan fingerprint density at radius 2 is 2.12 bits per heavy atom. The maximum atomic E-state index is 13.1. The van der Waals surface area contributed by atoms with Gasteiger partial charge in [-0.1, -0.05) is 6.07 Å². The van der Waals surface area contributed by atoms with Crippen LogP contribution in [0.25, 0.3) is 0 Å². The van der Waals surface area contributed by atoms with Crippen LogP contribution in [0.1, 0.15) is 25.7 Å². The quantitative estimate of drug-likeness (QED) is 0.813. The summed E-state index contributed by atoms with van der Waals surface area (Å²) >= 11 is 0. The zero-order valence-corrected chi connectivity index (χ0v) is 8.85. The van der Waals surface area contributed by atoms with E-state index in [-0.39, 0.29) is 24.7 Å². The number of hydrogen-bond donors (Lipinski definition) is 1. The van der Waals surface area contributed by atoms with E-state index < -0.39 is 5.92 Å². The van der Waals surface area contributed by atoms with Crippen molar-refractivity contribution < 1.29 is 13.2 Å². The molecule has 1 unspecified atom stereocenters. The molecule has 2 rings (SSSR count). The molecule has 0 saturated heterocycles. The van der Waals surface area contributed by atoms with Gasteiger partial charge in [0, 0.05) is 24.6 Å². The van der Waals surface area contributed by atoms with Gasteiger partial charge in [-0.15, -0.1) is 0 Å². The molecule has 1 aliphatic carbocycles. The fraction of sp³-hybridized carbons (Fsp3) is 0.500. The summed E-state index contributed by atoms with van der Waals surface area (Å²) in [4.78, 5) is 0. The summed E-state index contributed by atoms with van der Waals surface area (Å²) in [6.45, 7) is 0. The van der Waals surface area contributed by atoms with Gasteiger partial charge in [-0.3, -0.25) is 0 Å². The Morgan fingerprint density at radius 3 is 2.81 bits per heavy atom. The summed E-state index contributed by atoms with van der Waals surface area (Å²) in [5.74, 6) is -2.93. The maximum Gasteiger partial charge on any atom is 0.250 e. The molecule has 1 N–H and O–H groups in total. The van der Waals surface area contributed by atoms with Gasteiger partial charge in [-0.25, -0.2) is 13.2 Å². The molecule has 4 heteroatoms. The van der Waals surface area contributed by atoms with E-state index in [0.29, 0.717) is 18.5 Å². The van der Waals surface area contributed by atoms with E-state index >= 15 is 0 Å². The molecule has 1 aliphatic rings. The van der Waals surface area contributed by atoms with E-state index in [1.807, 2.05) is 0 Å². The molecule has 88 valence electrons. The smallest absolute Gasteiger partial charge is 0.250 e. The van der Waals surface area contributed by atoms with Crippen LogP contribution < -0.4 is 5.32 Å². The highest BCUT2D eigenvalue weighted by Crippen LogP contribution is 2.34. The molecule has 1 fully saturated rings. The van der Waals surface area contributed by atoms with Crippen LogP contribution in [-0.2, 0) is 0 Å². The minimum atomic E-state index is -2.58. The molecule has 0 bridgehead atoms. The van der Waals surface area contributed by atoms with Gasteiger partial charge < -0.3 is 5.32 Å². The Balaban J connectivity index is 1.99. The predicted octanol–water partition coefficient (Wildman–Crippen LogP) is 3.82. The SMILES string of the molecule is Fc1cccc(NC2CCCC(F)(F)C2)c1. The van der Waals surface area contributed by atoms with Crippen molar-refractivity contribution in [3.8, 4) is 0 Å². The number of alkyl halides is 2. The average Bonchev–Trinajstić information content (AvgIpc) is 2.15. The van der Waals surface area contributed by atoms with Crippen molar-refractivity contribution in [2.75, 3.05) is 5.32 Å². The summed E-state index contributed by atoms with van der Waals surface area (Å²) in [5, 5.41) is 2.96. The van der Waals surface area contributed by atoms with Crippen LogP contribution in [0.5, 0.6) is 0 Å². The lowest BCUT2D eigenvalue weighted by Crippen LogP contribution is -2.34. The molecule has 16 heavy (non-hydrogen) atoms. The summed E-state index contributed by atoms with van der Waals surface area (Å²) in [5.41, 5.74) is 0.572. The second-order valence-corrected chi connectivity index (χ2v) is 4.30. The van der Waals surface area contributed by atoms with E-state index in [1.165, 1.54) is 12.1 Å². The lowest BCUT2D eigenvalue weighted by atomic mass is 9.92. The highest BCUT2D eigenvalue weighted by molar-refractivity contribution is 5.44. The minimum absolute atomic E-state index is 0.0334. The number of hydrogen-bond acceptors (Lipinski definition) is 1. The molecule has 1 saturated carbocycles. The third-order valence-electron chi connectivity index (χ3n) is 2.84. The monoisotopic (exact) mass is 229 g/mol. The molecule has 0 aromatic heterocycles. The third kappa shape index (κ3) is 2.90. The Kier molecular flexibility index (Phi) is 3.08. The third-order valence-corrected chi connectivity index (χ3v) is 2.84. The van der Waals surface area contributed by atoms with Crippen molar-refractivity contribution >= 4 is 5.69 Å². The van der Waals surface area contributed by atoms with Gasteiger partial charge in [-0.2, -0.15) is 0 Å². The van der Waals surface area contributed by atoms with Crippen LogP contribution in [0.3, 0.4) is 0 Å². The normalized spacial score (nSPS) is 24.1. The van der Waals surface area contributed by atoms with Crippen molar-refractivity contribution in [3.05, 3.63) is 30.1 Å². The van der Waals surface area contributed by atoms with Gasteiger partial charge in [0.2, 0.25) is 5.92 Å². The Bertz CT molecular complexity index is 365. The lowest BCUT2D eigenvalue weighted by Gasteiger charge is -2.30. The zero-order chi connectivity index (χ0) is 11.6. The summed E-state index contributed by atoms with van der Waals surface area (Å²) in [6.07, 6.45) is 1.03.